The van der Waals surface area contributed by atoms with Crippen molar-refractivity contribution in [2.75, 3.05) is 6.54 Å². The second-order valence-corrected chi connectivity index (χ2v) is 4.71. The van der Waals surface area contributed by atoms with Crippen molar-refractivity contribution in [1.82, 2.24) is 5.32 Å². The van der Waals surface area contributed by atoms with Crippen LogP contribution in [-0.2, 0) is 13.2 Å². The lowest BCUT2D eigenvalue weighted by atomic mass is 10.1. The van der Waals surface area contributed by atoms with Crippen molar-refractivity contribution in [3.05, 3.63) is 53.0 Å². The van der Waals surface area contributed by atoms with Crippen LogP contribution >= 0.6 is 0 Å². The van der Waals surface area contributed by atoms with E-state index in [4.69, 9.17) is 9.15 Å². The highest BCUT2D eigenvalue weighted by Crippen LogP contribution is 2.20. The van der Waals surface area contributed by atoms with Crippen LogP contribution in [0, 0.1) is 13.8 Å². The Hall–Kier alpha value is -1.74. The number of ether oxygens (including phenoxy) is 1. The molecule has 3 heteroatoms. The Morgan fingerprint density at radius 2 is 1.89 bits per heavy atom. The lowest BCUT2D eigenvalue weighted by Gasteiger charge is -2.08. The zero-order valence-corrected chi connectivity index (χ0v) is 11.8. The van der Waals surface area contributed by atoms with Gasteiger partial charge in [-0.3, -0.25) is 0 Å². The first-order valence-corrected chi connectivity index (χ1v) is 6.67. The monoisotopic (exact) mass is 259 g/mol. The van der Waals surface area contributed by atoms with Gasteiger partial charge in [0, 0.05) is 0 Å². The van der Waals surface area contributed by atoms with Gasteiger partial charge < -0.3 is 14.5 Å². The number of rotatable bonds is 6. The fourth-order valence-corrected chi connectivity index (χ4v) is 1.95. The Morgan fingerprint density at radius 1 is 1.11 bits per heavy atom. The van der Waals surface area contributed by atoms with Gasteiger partial charge >= 0.3 is 0 Å². The number of benzene rings is 1. The van der Waals surface area contributed by atoms with E-state index in [2.05, 4.69) is 38.2 Å². The molecule has 0 fully saturated rings. The first kappa shape index (κ1) is 13.7. The molecule has 0 saturated heterocycles. The summed E-state index contributed by atoms with van der Waals surface area (Å²) in [5, 5.41) is 3.23. The number of aryl methyl sites for hydroxylation is 2. The van der Waals surface area contributed by atoms with Gasteiger partial charge in [-0.05, 0) is 44.2 Å². The van der Waals surface area contributed by atoms with Crippen LogP contribution in [0.2, 0.25) is 0 Å². The topological polar surface area (TPSA) is 34.4 Å². The number of hydrogen-bond donors (Lipinski definition) is 1. The van der Waals surface area contributed by atoms with Crippen LogP contribution in [0.5, 0.6) is 5.75 Å². The summed E-state index contributed by atoms with van der Waals surface area (Å²) < 4.78 is 11.5. The predicted molar refractivity (Wildman–Crippen MR) is 76.3 cm³/mol. The van der Waals surface area contributed by atoms with E-state index < -0.39 is 0 Å². The Morgan fingerprint density at radius 3 is 2.63 bits per heavy atom. The Bertz CT molecular complexity index is 531. The molecule has 0 amide bonds. The highest BCUT2D eigenvalue weighted by Gasteiger charge is 2.04. The average Bonchev–Trinajstić information content (AvgIpc) is 2.83. The van der Waals surface area contributed by atoms with Gasteiger partial charge in [0.2, 0.25) is 0 Å². The van der Waals surface area contributed by atoms with E-state index >= 15 is 0 Å². The fraction of sp³-hybridized carbons (Fsp3) is 0.375. The molecule has 2 rings (SSSR count). The maximum Gasteiger partial charge on any atom is 0.146 e. The maximum atomic E-state index is 5.78. The van der Waals surface area contributed by atoms with Crippen LogP contribution in [-0.4, -0.2) is 6.54 Å². The van der Waals surface area contributed by atoms with E-state index in [1.807, 2.05) is 18.2 Å². The summed E-state index contributed by atoms with van der Waals surface area (Å²) in [4.78, 5) is 0. The minimum absolute atomic E-state index is 0.468. The second kappa shape index (κ2) is 6.43. The highest BCUT2D eigenvalue weighted by molar-refractivity contribution is 5.35. The third kappa shape index (κ3) is 3.86. The minimum Gasteiger partial charge on any atom is -0.485 e. The predicted octanol–water partition coefficient (Wildman–Crippen LogP) is 3.58. The van der Waals surface area contributed by atoms with Gasteiger partial charge in [0.15, 0.2) is 0 Å². The smallest absolute Gasteiger partial charge is 0.146 e. The molecule has 0 aliphatic carbocycles. The third-order valence-corrected chi connectivity index (χ3v) is 2.97. The Kier molecular flexibility index (Phi) is 4.63. The van der Waals surface area contributed by atoms with Crippen LogP contribution in [0.1, 0.15) is 29.6 Å². The Labute approximate surface area is 114 Å². The molecular weight excluding hydrogens is 238 g/mol. The molecule has 1 aromatic heterocycles. The lowest BCUT2D eigenvalue weighted by molar-refractivity contribution is 0.263. The molecule has 0 unspecified atom stereocenters. The SMILES string of the molecule is CCNCc1ccc(COc2ccc(C)cc2C)o1. The van der Waals surface area contributed by atoms with E-state index in [0.29, 0.717) is 6.61 Å². The zero-order valence-electron chi connectivity index (χ0n) is 11.8. The molecule has 0 bridgehead atoms. The van der Waals surface area contributed by atoms with Gasteiger partial charge in [-0.1, -0.05) is 24.6 Å². The molecule has 0 radical (unpaired) electrons. The summed E-state index contributed by atoms with van der Waals surface area (Å²) in [5.74, 6) is 2.71. The summed E-state index contributed by atoms with van der Waals surface area (Å²) >= 11 is 0. The van der Waals surface area contributed by atoms with Gasteiger partial charge in [-0.2, -0.15) is 0 Å². The van der Waals surface area contributed by atoms with Crippen LogP contribution in [0.15, 0.2) is 34.7 Å². The van der Waals surface area contributed by atoms with Crippen molar-refractivity contribution in [2.45, 2.75) is 33.9 Å². The van der Waals surface area contributed by atoms with Crippen molar-refractivity contribution in [2.24, 2.45) is 0 Å². The molecule has 0 atom stereocenters. The molecule has 102 valence electrons. The van der Waals surface area contributed by atoms with Crippen LogP contribution in [0.4, 0.5) is 0 Å². The van der Waals surface area contributed by atoms with Gasteiger partial charge in [0.25, 0.3) is 0 Å². The molecule has 1 N–H and O–H groups in total. The lowest BCUT2D eigenvalue weighted by Crippen LogP contribution is -2.10. The van der Waals surface area contributed by atoms with E-state index in [0.717, 1.165) is 35.9 Å². The summed E-state index contributed by atoms with van der Waals surface area (Å²) in [7, 11) is 0. The van der Waals surface area contributed by atoms with Crippen LogP contribution in [0.3, 0.4) is 0 Å². The standard InChI is InChI=1S/C16H21NO2/c1-4-17-10-14-6-7-15(19-14)11-18-16-8-5-12(2)9-13(16)3/h5-9,17H,4,10-11H2,1-3H3. The van der Waals surface area contributed by atoms with Gasteiger partial charge in [-0.15, -0.1) is 0 Å². The number of nitrogens with one attached hydrogen (secondary N) is 1. The molecule has 19 heavy (non-hydrogen) atoms. The summed E-state index contributed by atoms with van der Waals surface area (Å²) in [6, 6.07) is 10.1. The Balaban J connectivity index is 1.92. The molecule has 0 saturated carbocycles. The summed E-state index contributed by atoms with van der Waals surface area (Å²) in [5.41, 5.74) is 2.40. The van der Waals surface area contributed by atoms with Crippen molar-refractivity contribution in [3.8, 4) is 5.75 Å². The zero-order chi connectivity index (χ0) is 13.7. The molecule has 0 aliphatic rings. The highest BCUT2D eigenvalue weighted by atomic mass is 16.5. The molecular formula is C16H21NO2. The first-order chi connectivity index (χ1) is 9.19. The van der Waals surface area contributed by atoms with Crippen molar-refractivity contribution in [1.29, 1.82) is 0 Å². The number of hydrogen-bond acceptors (Lipinski definition) is 3. The maximum absolute atomic E-state index is 5.78. The van der Waals surface area contributed by atoms with Crippen LogP contribution < -0.4 is 10.1 Å². The molecule has 0 aliphatic heterocycles. The van der Waals surface area contributed by atoms with Crippen molar-refractivity contribution in [3.63, 3.8) is 0 Å². The van der Waals surface area contributed by atoms with E-state index in [1.165, 1.54) is 5.56 Å². The minimum atomic E-state index is 0.468. The van der Waals surface area contributed by atoms with E-state index in [9.17, 15) is 0 Å². The summed E-state index contributed by atoms with van der Waals surface area (Å²) in [6.45, 7) is 8.38. The van der Waals surface area contributed by atoms with E-state index in [-0.39, 0.29) is 0 Å². The van der Waals surface area contributed by atoms with Crippen molar-refractivity contribution < 1.29 is 9.15 Å². The molecule has 3 nitrogen and oxygen atoms in total. The molecule has 0 spiro atoms. The normalized spacial score (nSPS) is 10.7. The average molecular weight is 259 g/mol. The first-order valence-electron chi connectivity index (χ1n) is 6.67. The summed E-state index contributed by atoms with van der Waals surface area (Å²) in [6.07, 6.45) is 0. The van der Waals surface area contributed by atoms with Crippen LogP contribution in [0.25, 0.3) is 0 Å². The molecule has 1 heterocycles. The molecule has 2 aromatic rings. The number of furan rings is 1. The third-order valence-electron chi connectivity index (χ3n) is 2.97. The fourth-order valence-electron chi connectivity index (χ4n) is 1.95. The van der Waals surface area contributed by atoms with Crippen molar-refractivity contribution >= 4 is 0 Å². The quantitative estimate of drug-likeness (QED) is 0.861. The van der Waals surface area contributed by atoms with Gasteiger partial charge in [0.05, 0.1) is 6.54 Å². The second-order valence-electron chi connectivity index (χ2n) is 4.71. The van der Waals surface area contributed by atoms with Gasteiger partial charge in [-0.25, -0.2) is 0 Å². The van der Waals surface area contributed by atoms with E-state index in [1.54, 1.807) is 0 Å². The van der Waals surface area contributed by atoms with Gasteiger partial charge in [0.1, 0.15) is 23.9 Å². The molecule has 1 aromatic carbocycles. The largest absolute Gasteiger partial charge is 0.485 e.